The first-order valence-corrected chi connectivity index (χ1v) is 11.6. The van der Waals surface area contributed by atoms with Gasteiger partial charge in [0.1, 0.15) is 73.2 Å². The summed E-state index contributed by atoms with van der Waals surface area (Å²) < 4.78 is 27.0. The van der Waals surface area contributed by atoms with Crippen molar-refractivity contribution in [2.75, 3.05) is 19.8 Å². The van der Waals surface area contributed by atoms with Gasteiger partial charge in [0.15, 0.2) is 18.9 Å². The lowest BCUT2D eigenvalue weighted by Crippen LogP contribution is -2.68. The molecule has 0 aromatic heterocycles. The molecule has 0 saturated carbocycles. The van der Waals surface area contributed by atoms with Crippen LogP contribution >= 0.6 is 0 Å². The summed E-state index contributed by atoms with van der Waals surface area (Å²) in [5.74, 6) is -0.637. The summed E-state index contributed by atoms with van der Waals surface area (Å²) in [6.45, 7) is -1.21. The topological polar surface area (TPSA) is 278 Å². The van der Waals surface area contributed by atoms with Crippen molar-refractivity contribution in [3.8, 4) is 0 Å². The van der Waals surface area contributed by atoms with Crippen molar-refractivity contribution in [2.45, 2.75) is 99.0 Å². The molecule has 3 heterocycles. The summed E-state index contributed by atoms with van der Waals surface area (Å²) in [5, 5.41) is 103. The molecule has 3 saturated heterocycles. The zero-order valence-electron chi connectivity index (χ0n) is 19.7. The molecule has 3 rings (SSSR count). The average Bonchev–Trinajstić information content (AvgIpc) is 2.87. The van der Waals surface area contributed by atoms with Gasteiger partial charge in [0.2, 0.25) is 5.91 Å². The second kappa shape index (κ2) is 12.8. The van der Waals surface area contributed by atoms with Gasteiger partial charge in [-0.1, -0.05) is 0 Å². The Kier molecular flexibility index (Phi) is 10.5. The Hall–Kier alpha value is -1.13. The van der Waals surface area contributed by atoms with Crippen LogP contribution in [-0.2, 0) is 28.5 Å². The normalized spacial score (nSPS) is 49.0. The van der Waals surface area contributed by atoms with E-state index in [0.717, 1.165) is 6.92 Å². The minimum absolute atomic E-state index is 0.637. The van der Waals surface area contributed by atoms with E-state index in [1.54, 1.807) is 0 Å². The highest BCUT2D eigenvalue weighted by atomic mass is 16.7. The van der Waals surface area contributed by atoms with Gasteiger partial charge in [0.25, 0.3) is 0 Å². The van der Waals surface area contributed by atoms with Crippen LogP contribution in [0, 0.1) is 0 Å². The minimum atomic E-state index is -1.92. The van der Waals surface area contributed by atoms with E-state index in [4.69, 9.17) is 23.7 Å². The van der Waals surface area contributed by atoms with Crippen LogP contribution in [0.4, 0.5) is 0 Å². The van der Waals surface area contributed by atoms with E-state index in [1.807, 2.05) is 0 Å². The molecular weight excluding hydrogens is 510 g/mol. The third-order valence-corrected chi connectivity index (χ3v) is 6.49. The van der Waals surface area contributed by atoms with E-state index in [9.17, 15) is 55.9 Å². The molecule has 3 fully saturated rings. The molecule has 3 aliphatic heterocycles. The van der Waals surface area contributed by atoms with Crippen molar-refractivity contribution >= 4 is 5.91 Å². The van der Waals surface area contributed by atoms with E-state index >= 15 is 0 Å². The summed E-state index contributed by atoms with van der Waals surface area (Å²) in [6, 6.07) is -1.39. The molecule has 0 radical (unpaired) electrons. The molecule has 0 spiro atoms. The largest absolute Gasteiger partial charge is 0.394 e. The minimum Gasteiger partial charge on any atom is -0.394 e. The second-order valence-corrected chi connectivity index (χ2v) is 9.07. The van der Waals surface area contributed by atoms with E-state index in [1.165, 1.54) is 0 Å². The number of ether oxygens (including phenoxy) is 5. The van der Waals surface area contributed by atoms with Crippen molar-refractivity contribution in [2.24, 2.45) is 0 Å². The lowest BCUT2D eigenvalue weighted by Gasteiger charge is -2.48. The van der Waals surface area contributed by atoms with Gasteiger partial charge in [0, 0.05) is 6.92 Å². The van der Waals surface area contributed by atoms with E-state index in [0.29, 0.717) is 0 Å². The number of amides is 1. The first-order chi connectivity index (χ1) is 17.4. The third kappa shape index (κ3) is 6.38. The molecule has 17 heteroatoms. The zero-order valence-corrected chi connectivity index (χ0v) is 19.7. The fraction of sp³-hybridized carbons (Fsp3) is 0.950. The van der Waals surface area contributed by atoms with Crippen LogP contribution in [0.15, 0.2) is 0 Å². The number of aliphatic hydroxyl groups is 10. The van der Waals surface area contributed by atoms with Gasteiger partial charge >= 0.3 is 0 Å². The van der Waals surface area contributed by atoms with Crippen LogP contribution in [-0.4, -0.2) is 169 Å². The fourth-order valence-corrected chi connectivity index (χ4v) is 4.46. The zero-order chi connectivity index (χ0) is 27.6. The van der Waals surface area contributed by atoms with Crippen LogP contribution in [0.5, 0.6) is 0 Å². The van der Waals surface area contributed by atoms with Crippen LogP contribution < -0.4 is 5.32 Å². The Bertz CT molecular complexity index is 743. The molecule has 15 atom stereocenters. The monoisotopic (exact) mass is 545 g/mol. The average molecular weight is 545 g/mol. The molecule has 216 valence electrons. The lowest BCUT2D eigenvalue weighted by molar-refractivity contribution is -0.372. The molecule has 0 aromatic carbocycles. The Balaban J connectivity index is 1.77. The van der Waals surface area contributed by atoms with Gasteiger partial charge < -0.3 is 80.1 Å². The number of rotatable bonds is 8. The highest BCUT2D eigenvalue weighted by Gasteiger charge is 2.53. The number of carbonyl (C=O) groups excluding carboxylic acids is 1. The third-order valence-electron chi connectivity index (χ3n) is 6.49. The molecule has 3 aliphatic rings. The molecule has 1 amide bonds. The SMILES string of the molecule is CC(=O)N[C@@H]1[C@H](O[C@@H]2[C@H](O)[C@@H](O)[C@@H](O[C@@H]3[C@H](O)[C@@H](O)C(O)O[C@@H]3CO)O[C@@H]2CO)O[C@H](CO)[C@@H](O)[C@@H]1O. The van der Waals surface area contributed by atoms with Crippen molar-refractivity contribution in [1.29, 1.82) is 0 Å². The maximum Gasteiger partial charge on any atom is 0.217 e. The van der Waals surface area contributed by atoms with Crippen molar-refractivity contribution in [3.63, 3.8) is 0 Å². The first-order valence-electron chi connectivity index (χ1n) is 11.6. The van der Waals surface area contributed by atoms with Crippen LogP contribution in [0.2, 0.25) is 0 Å². The lowest BCUT2D eigenvalue weighted by atomic mass is 9.95. The molecule has 11 N–H and O–H groups in total. The second-order valence-electron chi connectivity index (χ2n) is 9.07. The Morgan fingerprint density at radius 2 is 1.14 bits per heavy atom. The van der Waals surface area contributed by atoms with Crippen molar-refractivity contribution < 1.29 is 79.5 Å². The van der Waals surface area contributed by atoms with E-state index < -0.39 is 118 Å². The van der Waals surface area contributed by atoms with Crippen molar-refractivity contribution in [1.82, 2.24) is 5.32 Å². The molecule has 0 aliphatic carbocycles. The summed E-state index contributed by atoms with van der Waals surface area (Å²) in [7, 11) is 0. The van der Waals surface area contributed by atoms with E-state index in [2.05, 4.69) is 5.32 Å². The van der Waals surface area contributed by atoms with Crippen molar-refractivity contribution in [3.05, 3.63) is 0 Å². The van der Waals surface area contributed by atoms with Gasteiger partial charge in [-0.15, -0.1) is 0 Å². The number of carbonyl (C=O) groups is 1. The molecule has 0 bridgehead atoms. The fourth-order valence-electron chi connectivity index (χ4n) is 4.46. The predicted octanol–water partition coefficient (Wildman–Crippen LogP) is -7.43. The van der Waals surface area contributed by atoms with Gasteiger partial charge in [-0.05, 0) is 0 Å². The summed E-state index contributed by atoms with van der Waals surface area (Å²) in [6.07, 6.45) is -23.1. The number of hydrogen-bond donors (Lipinski definition) is 11. The van der Waals surface area contributed by atoms with Crippen LogP contribution in [0.3, 0.4) is 0 Å². The van der Waals surface area contributed by atoms with Crippen LogP contribution in [0.25, 0.3) is 0 Å². The summed E-state index contributed by atoms with van der Waals surface area (Å²) in [4.78, 5) is 11.6. The Morgan fingerprint density at radius 3 is 1.68 bits per heavy atom. The summed E-state index contributed by atoms with van der Waals surface area (Å²) >= 11 is 0. The Labute approximate surface area is 210 Å². The predicted molar refractivity (Wildman–Crippen MR) is 113 cm³/mol. The number of nitrogens with one attached hydrogen (secondary N) is 1. The standard InChI is InChI=1S/C20H35NO16/c1-5(25)21-9-11(27)10(26)6(2-22)34-19(9)36-17-8(4-24)35-20(15(31)13(17)29)37-16-7(3-23)33-18(32)14(30)12(16)28/h6-20,22-24,26-32H,2-4H2,1H3,(H,21,25)/t6-,7-,8-,9+,10-,11-,12-,13-,14-,15-,16+,17+,18?,19+,20-/m1/s1. The molecular formula is C20H35NO16. The number of aliphatic hydroxyl groups excluding tert-OH is 10. The van der Waals surface area contributed by atoms with Gasteiger partial charge in [0.05, 0.1) is 19.8 Å². The first kappa shape index (κ1) is 30.4. The van der Waals surface area contributed by atoms with Gasteiger partial charge in [-0.2, -0.15) is 0 Å². The maximum absolute atomic E-state index is 11.6. The van der Waals surface area contributed by atoms with Gasteiger partial charge in [-0.3, -0.25) is 4.79 Å². The van der Waals surface area contributed by atoms with E-state index in [-0.39, 0.29) is 0 Å². The van der Waals surface area contributed by atoms with Crippen LogP contribution in [0.1, 0.15) is 6.92 Å². The smallest absolute Gasteiger partial charge is 0.217 e. The maximum atomic E-state index is 11.6. The number of hydrogen-bond acceptors (Lipinski definition) is 16. The quantitative estimate of drug-likeness (QED) is 0.135. The highest BCUT2D eigenvalue weighted by Crippen LogP contribution is 2.32. The molecule has 0 aromatic rings. The highest BCUT2D eigenvalue weighted by molar-refractivity contribution is 5.73. The molecule has 37 heavy (non-hydrogen) atoms. The van der Waals surface area contributed by atoms with Gasteiger partial charge in [-0.25, -0.2) is 0 Å². The molecule has 17 nitrogen and oxygen atoms in total. The summed E-state index contributed by atoms with van der Waals surface area (Å²) in [5.41, 5.74) is 0. The molecule has 1 unspecified atom stereocenters. The Morgan fingerprint density at radius 1 is 0.649 bits per heavy atom.